The average Bonchev–Trinajstić information content (AvgIpc) is 2.82. The van der Waals surface area contributed by atoms with E-state index < -0.39 is 11.9 Å². The lowest BCUT2D eigenvalue weighted by Crippen LogP contribution is -2.49. The Kier molecular flexibility index (Phi) is 9.26. The molecule has 2 aromatic rings. The molecular weight excluding hydrogens is 460 g/mol. The smallest absolute Gasteiger partial charge is 0.335 e. The molecule has 9 nitrogen and oxygen atoms in total. The van der Waals surface area contributed by atoms with Crippen molar-refractivity contribution < 1.29 is 24.2 Å². The topological polar surface area (TPSA) is 111 Å². The van der Waals surface area contributed by atoms with E-state index in [-0.39, 0.29) is 11.5 Å². The Labute approximate surface area is 203 Å². The first-order valence-electron chi connectivity index (χ1n) is 11.0. The van der Waals surface area contributed by atoms with Crippen molar-refractivity contribution in [2.45, 2.75) is 6.42 Å². The number of ether oxygens (including phenoxy) is 1. The van der Waals surface area contributed by atoms with Crippen molar-refractivity contribution >= 4 is 40.8 Å². The first-order chi connectivity index (χ1) is 16.4. The van der Waals surface area contributed by atoms with Crippen molar-refractivity contribution in [3.8, 4) is 0 Å². The molecule has 0 aliphatic carbocycles. The number of methoxy groups -OCH3 is 1. The molecule has 0 saturated carbocycles. The summed E-state index contributed by atoms with van der Waals surface area (Å²) in [5.41, 5.74) is 1.49. The predicted octanol–water partition coefficient (Wildman–Crippen LogP) is 2.57. The van der Waals surface area contributed by atoms with E-state index in [0.29, 0.717) is 67.8 Å². The molecular formula is C24H29ClN4O5. The summed E-state index contributed by atoms with van der Waals surface area (Å²) in [6.45, 7) is 4.06. The van der Waals surface area contributed by atoms with Gasteiger partial charge in [-0.1, -0.05) is 23.7 Å². The standard InChI is InChI=1S/C24H29ClN4O5/c1-34-14-4-9-26-22(30)16-28-10-12-29(13-11-28)21-8-7-17(24(32)33)15-20(21)27-23(31)18-5-2-3-6-19(18)25/h2-3,5-8,15H,4,9-14,16H2,1H3,(H,26,30)(H,27,31)(H,32,33). The van der Waals surface area contributed by atoms with Crippen molar-refractivity contribution in [2.24, 2.45) is 0 Å². The third-order valence-electron chi connectivity index (χ3n) is 5.54. The van der Waals surface area contributed by atoms with Gasteiger partial charge in [-0.25, -0.2) is 4.79 Å². The van der Waals surface area contributed by atoms with Crippen LogP contribution in [0.3, 0.4) is 0 Å². The summed E-state index contributed by atoms with van der Waals surface area (Å²) in [5.74, 6) is -1.53. The molecule has 34 heavy (non-hydrogen) atoms. The highest BCUT2D eigenvalue weighted by Crippen LogP contribution is 2.29. The number of nitrogens with one attached hydrogen (secondary N) is 2. The number of carboxylic acid groups (broad SMARTS) is 1. The summed E-state index contributed by atoms with van der Waals surface area (Å²) < 4.78 is 4.98. The molecule has 1 aliphatic rings. The monoisotopic (exact) mass is 488 g/mol. The number of piperazine rings is 1. The number of halogens is 1. The van der Waals surface area contributed by atoms with Crippen molar-refractivity contribution in [1.82, 2.24) is 10.2 Å². The van der Waals surface area contributed by atoms with E-state index >= 15 is 0 Å². The van der Waals surface area contributed by atoms with Crippen LogP contribution in [0, 0.1) is 0 Å². The Balaban J connectivity index is 1.66. The van der Waals surface area contributed by atoms with Crippen LogP contribution in [0.15, 0.2) is 42.5 Å². The number of benzene rings is 2. The van der Waals surface area contributed by atoms with Crippen LogP contribution < -0.4 is 15.5 Å². The van der Waals surface area contributed by atoms with E-state index in [1.807, 2.05) is 0 Å². The van der Waals surface area contributed by atoms with Crippen LogP contribution in [0.5, 0.6) is 0 Å². The first-order valence-corrected chi connectivity index (χ1v) is 11.4. The summed E-state index contributed by atoms with van der Waals surface area (Å²) in [6, 6.07) is 11.3. The van der Waals surface area contributed by atoms with Gasteiger partial charge in [-0.05, 0) is 36.8 Å². The third kappa shape index (κ3) is 6.93. The summed E-state index contributed by atoms with van der Waals surface area (Å²) in [4.78, 5) is 40.6. The molecule has 0 unspecified atom stereocenters. The highest BCUT2D eigenvalue weighted by molar-refractivity contribution is 6.34. The Hall–Kier alpha value is -3.14. The van der Waals surface area contributed by atoms with Gasteiger partial charge in [0.1, 0.15) is 0 Å². The van der Waals surface area contributed by atoms with Gasteiger partial charge in [-0.3, -0.25) is 14.5 Å². The normalized spacial score (nSPS) is 14.0. The molecule has 0 aromatic heterocycles. The van der Waals surface area contributed by atoms with E-state index in [1.54, 1.807) is 37.4 Å². The number of amides is 2. The number of hydrogen-bond acceptors (Lipinski definition) is 6. The van der Waals surface area contributed by atoms with Crippen LogP contribution in [-0.2, 0) is 9.53 Å². The highest BCUT2D eigenvalue weighted by Gasteiger charge is 2.23. The number of carbonyl (C=O) groups is 3. The first kappa shape index (κ1) is 25.5. The van der Waals surface area contributed by atoms with Crippen molar-refractivity contribution in [3.05, 3.63) is 58.6 Å². The Bertz CT molecular complexity index is 1020. The zero-order valence-electron chi connectivity index (χ0n) is 19.1. The van der Waals surface area contributed by atoms with Crippen LogP contribution in [0.2, 0.25) is 5.02 Å². The summed E-state index contributed by atoms with van der Waals surface area (Å²) >= 11 is 6.15. The van der Waals surface area contributed by atoms with E-state index in [2.05, 4.69) is 20.4 Å². The molecule has 1 fully saturated rings. The molecule has 1 saturated heterocycles. The van der Waals surface area contributed by atoms with E-state index in [9.17, 15) is 19.5 Å². The van der Waals surface area contributed by atoms with Gasteiger partial charge in [0, 0.05) is 46.4 Å². The minimum absolute atomic E-state index is 0.0249. The molecule has 0 bridgehead atoms. The van der Waals surface area contributed by atoms with Gasteiger partial charge in [0.15, 0.2) is 0 Å². The summed E-state index contributed by atoms with van der Waals surface area (Å²) in [7, 11) is 1.63. The zero-order chi connectivity index (χ0) is 24.5. The molecule has 0 radical (unpaired) electrons. The second kappa shape index (κ2) is 12.4. The lowest BCUT2D eigenvalue weighted by atomic mass is 10.1. The van der Waals surface area contributed by atoms with Crippen LogP contribution in [0.25, 0.3) is 0 Å². The van der Waals surface area contributed by atoms with Gasteiger partial charge < -0.3 is 25.4 Å². The van der Waals surface area contributed by atoms with Gasteiger partial charge in [0.05, 0.1) is 34.1 Å². The average molecular weight is 489 g/mol. The maximum atomic E-state index is 12.8. The molecule has 3 N–H and O–H groups in total. The largest absolute Gasteiger partial charge is 0.478 e. The second-order valence-electron chi connectivity index (χ2n) is 7.93. The SMILES string of the molecule is COCCCNC(=O)CN1CCN(c2ccc(C(=O)O)cc2NC(=O)c2ccccc2Cl)CC1. The number of aromatic carboxylic acids is 1. The van der Waals surface area contributed by atoms with Crippen LogP contribution >= 0.6 is 11.6 Å². The third-order valence-corrected chi connectivity index (χ3v) is 5.87. The van der Waals surface area contributed by atoms with E-state index in [4.69, 9.17) is 16.3 Å². The van der Waals surface area contributed by atoms with Crippen LogP contribution in [0.1, 0.15) is 27.1 Å². The molecule has 2 aromatic carbocycles. The van der Waals surface area contributed by atoms with Gasteiger partial charge in [-0.15, -0.1) is 0 Å². The molecule has 10 heteroatoms. The molecule has 2 amide bonds. The zero-order valence-corrected chi connectivity index (χ0v) is 19.8. The lowest BCUT2D eigenvalue weighted by Gasteiger charge is -2.36. The molecule has 0 spiro atoms. The molecule has 0 atom stereocenters. The fraction of sp³-hybridized carbons (Fsp3) is 0.375. The van der Waals surface area contributed by atoms with Gasteiger partial charge in [0.2, 0.25) is 5.91 Å². The number of anilines is 2. The van der Waals surface area contributed by atoms with Crippen molar-refractivity contribution in [3.63, 3.8) is 0 Å². The summed E-state index contributed by atoms with van der Waals surface area (Å²) in [5, 5.41) is 15.4. The number of carboxylic acids is 1. The molecule has 1 heterocycles. The minimum atomic E-state index is -1.08. The van der Waals surface area contributed by atoms with Crippen LogP contribution in [0.4, 0.5) is 11.4 Å². The van der Waals surface area contributed by atoms with Crippen molar-refractivity contribution in [1.29, 1.82) is 0 Å². The predicted molar refractivity (Wildman–Crippen MR) is 131 cm³/mol. The Morgan fingerprint density at radius 3 is 2.50 bits per heavy atom. The van der Waals surface area contributed by atoms with E-state index in [0.717, 1.165) is 6.42 Å². The fourth-order valence-electron chi connectivity index (χ4n) is 3.73. The maximum absolute atomic E-state index is 12.8. The number of nitrogens with zero attached hydrogens (tertiary/aromatic N) is 2. The molecule has 182 valence electrons. The summed E-state index contributed by atoms with van der Waals surface area (Å²) in [6.07, 6.45) is 0.769. The van der Waals surface area contributed by atoms with E-state index in [1.165, 1.54) is 12.1 Å². The van der Waals surface area contributed by atoms with Gasteiger partial charge >= 0.3 is 5.97 Å². The molecule has 1 aliphatic heterocycles. The Morgan fingerprint density at radius 2 is 1.82 bits per heavy atom. The number of rotatable bonds is 10. The number of hydrogen-bond donors (Lipinski definition) is 3. The lowest BCUT2D eigenvalue weighted by molar-refractivity contribution is -0.122. The fourth-order valence-corrected chi connectivity index (χ4v) is 3.95. The maximum Gasteiger partial charge on any atom is 0.335 e. The Morgan fingerprint density at radius 1 is 1.09 bits per heavy atom. The minimum Gasteiger partial charge on any atom is -0.478 e. The quantitative estimate of drug-likeness (QED) is 0.441. The molecule has 3 rings (SSSR count). The highest BCUT2D eigenvalue weighted by atomic mass is 35.5. The van der Waals surface area contributed by atoms with Crippen molar-refractivity contribution in [2.75, 3.05) is 63.2 Å². The second-order valence-corrected chi connectivity index (χ2v) is 8.34. The van der Waals surface area contributed by atoms with Gasteiger partial charge in [0.25, 0.3) is 5.91 Å². The van der Waals surface area contributed by atoms with Gasteiger partial charge in [-0.2, -0.15) is 0 Å². The van der Waals surface area contributed by atoms with Crippen LogP contribution in [-0.4, -0.2) is 80.8 Å². The number of carbonyl (C=O) groups excluding carboxylic acids is 2.